The first-order valence-electron chi connectivity index (χ1n) is 6.58. The van der Waals surface area contributed by atoms with Gasteiger partial charge in [-0.1, -0.05) is 46.3 Å². The van der Waals surface area contributed by atoms with Crippen LogP contribution in [-0.2, 0) is 6.42 Å². The van der Waals surface area contributed by atoms with E-state index in [1.165, 1.54) is 16.0 Å². The van der Waals surface area contributed by atoms with E-state index in [-0.39, 0.29) is 6.04 Å². The first-order valence-corrected chi connectivity index (χ1v) is 8.36. The summed E-state index contributed by atoms with van der Waals surface area (Å²) < 4.78 is 1.10. The molecule has 0 saturated carbocycles. The number of hydrogen-bond donors (Lipinski definition) is 2. The Morgan fingerprint density at radius 2 is 1.85 bits per heavy atom. The lowest BCUT2D eigenvalue weighted by Crippen LogP contribution is -2.38. The second-order valence-electron chi connectivity index (χ2n) is 4.77. The van der Waals surface area contributed by atoms with Crippen LogP contribution in [0.1, 0.15) is 11.1 Å². The van der Waals surface area contributed by atoms with Crippen molar-refractivity contribution < 1.29 is 0 Å². The number of nitrogens with two attached hydrogens (primary N) is 1. The summed E-state index contributed by atoms with van der Waals surface area (Å²) in [5.74, 6) is 6.64. The summed E-state index contributed by atoms with van der Waals surface area (Å²) in [4.78, 5) is 1.32. The van der Waals surface area contributed by atoms with Gasteiger partial charge in [-0.25, -0.2) is 0 Å². The Hall–Kier alpha value is -0.810. The van der Waals surface area contributed by atoms with E-state index >= 15 is 0 Å². The van der Waals surface area contributed by atoms with Crippen molar-refractivity contribution in [1.29, 1.82) is 0 Å². The van der Waals surface area contributed by atoms with E-state index in [1.807, 2.05) is 11.8 Å². The number of rotatable bonds is 6. The van der Waals surface area contributed by atoms with Gasteiger partial charge >= 0.3 is 0 Å². The van der Waals surface area contributed by atoms with E-state index in [0.29, 0.717) is 0 Å². The Kier molecular flexibility index (Phi) is 6.10. The van der Waals surface area contributed by atoms with Crippen molar-refractivity contribution in [2.24, 2.45) is 5.84 Å². The molecule has 0 amide bonds. The monoisotopic (exact) mass is 350 g/mol. The highest BCUT2D eigenvalue weighted by molar-refractivity contribution is 9.10. The lowest BCUT2D eigenvalue weighted by atomic mass is 10.1. The first kappa shape index (κ1) is 15.6. The summed E-state index contributed by atoms with van der Waals surface area (Å²) in [7, 11) is 0. The molecule has 0 bridgehead atoms. The van der Waals surface area contributed by atoms with Crippen molar-refractivity contribution >= 4 is 27.7 Å². The van der Waals surface area contributed by atoms with Crippen molar-refractivity contribution in [2.75, 3.05) is 5.75 Å². The maximum Gasteiger partial charge on any atom is 0.0344 e. The molecule has 2 nitrogen and oxygen atoms in total. The maximum absolute atomic E-state index is 5.68. The lowest BCUT2D eigenvalue weighted by Gasteiger charge is -2.16. The number of hydrazine groups is 1. The molecule has 0 aromatic heterocycles. The summed E-state index contributed by atoms with van der Waals surface area (Å²) in [5, 5.41) is 0. The summed E-state index contributed by atoms with van der Waals surface area (Å²) in [6, 6.07) is 17.1. The number of benzene rings is 2. The zero-order chi connectivity index (χ0) is 14.4. The lowest BCUT2D eigenvalue weighted by molar-refractivity contribution is 0.575. The van der Waals surface area contributed by atoms with Gasteiger partial charge in [0, 0.05) is 21.2 Å². The fourth-order valence-electron chi connectivity index (χ4n) is 1.98. The summed E-state index contributed by atoms with van der Waals surface area (Å²) in [5.41, 5.74) is 5.53. The minimum Gasteiger partial charge on any atom is -0.271 e. The molecule has 0 saturated heterocycles. The molecule has 0 aliphatic heterocycles. The Labute approximate surface area is 133 Å². The largest absolute Gasteiger partial charge is 0.271 e. The number of aryl methyl sites for hydroxylation is 1. The molecule has 0 radical (unpaired) electrons. The molecule has 0 spiro atoms. The highest BCUT2D eigenvalue weighted by Crippen LogP contribution is 2.23. The van der Waals surface area contributed by atoms with E-state index < -0.39 is 0 Å². The van der Waals surface area contributed by atoms with Crippen LogP contribution in [0.5, 0.6) is 0 Å². The zero-order valence-electron chi connectivity index (χ0n) is 11.5. The topological polar surface area (TPSA) is 38.0 Å². The van der Waals surface area contributed by atoms with E-state index in [9.17, 15) is 0 Å². The van der Waals surface area contributed by atoms with Gasteiger partial charge in [0.1, 0.15) is 0 Å². The number of halogens is 1. The summed E-state index contributed by atoms with van der Waals surface area (Å²) in [6.07, 6.45) is 0.933. The van der Waals surface area contributed by atoms with Gasteiger partial charge < -0.3 is 0 Å². The number of nitrogens with one attached hydrogen (secondary N) is 1. The van der Waals surface area contributed by atoms with Crippen LogP contribution in [-0.4, -0.2) is 11.8 Å². The highest BCUT2D eigenvalue weighted by Gasteiger charge is 2.09. The summed E-state index contributed by atoms with van der Waals surface area (Å²) >= 11 is 5.30. The third-order valence-electron chi connectivity index (χ3n) is 3.16. The molecule has 2 rings (SSSR count). The second kappa shape index (κ2) is 7.84. The van der Waals surface area contributed by atoms with Crippen LogP contribution in [0.2, 0.25) is 0 Å². The van der Waals surface area contributed by atoms with Gasteiger partial charge in [0.25, 0.3) is 0 Å². The SMILES string of the molecule is Cc1ccccc1SCC(Cc1ccc(Br)cc1)NN. The predicted octanol–water partition coefficient (Wildman–Crippen LogP) is 3.92. The average Bonchev–Trinajstić information content (AvgIpc) is 2.47. The molecule has 106 valence electrons. The minimum absolute atomic E-state index is 0.265. The van der Waals surface area contributed by atoms with E-state index in [0.717, 1.165) is 16.6 Å². The molecule has 0 heterocycles. The van der Waals surface area contributed by atoms with E-state index in [2.05, 4.69) is 76.8 Å². The highest BCUT2D eigenvalue weighted by atomic mass is 79.9. The molecule has 0 aliphatic carbocycles. The quantitative estimate of drug-likeness (QED) is 0.471. The van der Waals surface area contributed by atoms with Crippen molar-refractivity contribution in [2.45, 2.75) is 24.3 Å². The first-order chi connectivity index (χ1) is 9.69. The van der Waals surface area contributed by atoms with Crippen LogP contribution in [0.25, 0.3) is 0 Å². The number of thioether (sulfide) groups is 1. The smallest absolute Gasteiger partial charge is 0.0344 e. The predicted molar refractivity (Wildman–Crippen MR) is 90.9 cm³/mol. The van der Waals surface area contributed by atoms with Crippen LogP contribution >= 0.6 is 27.7 Å². The van der Waals surface area contributed by atoms with E-state index in [4.69, 9.17) is 5.84 Å². The van der Waals surface area contributed by atoms with Crippen LogP contribution in [0, 0.1) is 6.92 Å². The fraction of sp³-hybridized carbons (Fsp3) is 0.250. The van der Waals surface area contributed by atoms with Crippen LogP contribution in [0.3, 0.4) is 0 Å². The van der Waals surface area contributed by atoms with E-state index in [1.54, 1.807) is 0 Å². The maximum atomic E-state index is 5.68. The van der Waals surface area contributed by atoms with Gasteiger partial charge in [0.15, 0.2) is 0 Å². The Morgan fingerprint density at radius 3 is 2.50 bits per heavy atom. The van der Waals surface area contributed by atoms with Gasteiger partial charge in [-0.15, -0.1) is 11.8 Å². The summed E-state index contributed by atoms with van der Waals surface area (Å²) in [6.45, 7) is 2.14. The zero-order valence-corrected chi connectivity index (χ0v) is 13.9. The van der Waals surface area contributed by atoms with Crippen molar-refractivity contribution in [3.8, 4) is 0 Å². The molecule has 2 aromatic rings. The Morgan fingerprint density at radius 1 is 1.15 bits per heavy atom. The fourth-order valence-corrected chi connectivity index (χ4v) is 3.31. The average molecular weight is 351 g/mol. The molecule has 0 aliphatic rings. The molecular formula is C16H19BrN2S. The molecule has 20 heavy (non-hydrogen) atoms. The second-order valence-corrected chi connectivity index (χ2v) is 6.75. The Bertz CT molecular complexity index is 542. The third kappa shape index (κ3) is 4.63. The molecule has 4 heteroatoms. The van der Waals surface area contributed by atoms with Crippen molar-refractivity contribution in [3.63, 3.8) is 0 Å². The molecule has 1 atom stereocenters. The van der Waals surface area contributed by atoms with Crippen molar-refractivity contribution in [1.82, 2.24) is 5.43 Å². The molecular weight excluding hydrogens is 332 g/mol. The minimum atomic E-state index is 0.265. The Balaban J connectivity index is 1.92. The van der Waals surface area contributed by atoms with Crippen molar-refractivity contribution in [3.05, 3.63) is 64.1 Å². The van der Waals surface area contributed by atoms with Gasteiger partial charge in [-0.05, 0) is 42.7 Å². The molecule has 3 N–H and O–H groups in total. The van der Waals surface area contributed by atoms with Crippen LogP contribution in [0.15, 0.2) is 57.9 Å². The van der Waals surface area contributed by atoms with Gasteiger partial charge in [0.05, 0.1) is 0 Å². The van der Waals surface area contributed by atoms with Crippen LogP contribution in [0.4, 0.5) is 0 Å². The normalized spacial score (nSPS) is 12.3. The molecule has 0 fully saturated rings. The third-order valence-corrected chi connectivity index (χ3v) is 5.03. The standard InChI is InChI=1S/C16H19BrN2S/c1-12-4-2-3-5-16(12)20-11-15(19-18)10-13-6-8-14(17)9-7-13/h2-9,15,19H,10-11,18H2,1H3. The van der Waals surface area contributed by atoms with Gasteiger partial charge in [-0.2, -0.15) is 0 Å². The van der Waals surface area contributed by atoms with Crippen LogP contribution < -0.4 is 11.3 Å². The molecule has 1 unspecified atom stereocenters. The number of hydrogen-bond acceptors (Lipinski definition) is 3. The molecule has 2 aromatic carbocycles. The van der Waals surface area contributed by atoms with Gasteiger partial charge in [0.2, 0.25) is 0 Å². The van der Waals surface area contributed by atoms with Gasteiger partial charge in [-0.3, -0.25) is 11.3 Å².